The van der Waals surface area contributed by atoms with E-state index in [4.69, 9.17) is 21.1 Å². The molecule has 2 aromatic heterocycles. The molecule has 3 aliphatic rings. The summed E-state index contributed by atoms with van der Waals surface area (Å²) in [5, 5.41) is 0.324. The molecule has 2 aromatic rings. The molecule has 1 aliphatic carbocycles. The topological polar surface area (TPSA) is 54.0 Å². The zero-order valence-corrected chi connectivity index (χ0v) is 18.5. The Morgan fingerprint density at radius 3 is 2.59 bits per heavy atom. The standard InChI is InChI=1S/C20H28ClN5O2S/c1-27-14-20(2-3-20)26-6-4-24(5-7-26)13-15-12-16-17(29-15)18(23-19(21)22-16)25-8-10-28-11-9-25/h12H,2-11,13-14H2,1H3. The van der Waals surface area contributed by atoms with E-state index in [1.165, 1.54) is 17.7 Å². The number of nitrogens with zero attached hydrogens (tertiary/aromatic N) is 5. The van der Waals surface area contributed by atoms with E-state index < -0.39 is 0 Å². The second kappa shape index (κ2) is 8.24. The van der Waals surface area contributed by atoms with E-state index >= 15 is 0 Å². The minimum atomic E-state index is 0.324. The summed E-state index contributed by atoms with van der Waals surface area (Å²) < 4.78 is 12.1. The minimum absolute atomic E-state index is 0.324. The van der Waals surface area contributed by atoms with Gasteiger partial charge < -0.3 is 14.4 Å². The van der Waals surface area contributed by atoms with Crippen molar-refractivity contribution in [2.45, 2.75) is 24.9 Å². The molecular formula is C20H28ClN5O2S. The molecule has 2 saturated heterocycles. The summed E-state index contributed by atoms with van der Waals surface area (Å²) in [6.07, 6.45) is 2.56. The van der Waals surface area contributed by atoms with Crippen molar-refractivity contribution in [3.63, 3.8) is 0 Å². The van der Waals surface area contributed by atoms with Crippen LogP contribution in [0.25, 0.3) is 10.2 Å². The van der Waals surface area contributed by atoms with E-state index in [1.54, 1.807) is 11.3 Å². The van der Waals surface area contributed by atoms with Gasteiger partial charge in [-0.1, -0.05) is 0 Å². The number of ether oxygens (including phenoxy) is 2. The van der Waals surface area contributed by atoms with Gasteiger partial charge in [0.1, 0.15) is 0 Å². The van der Waals surface area contributed by atoms with Gasteiger partial charge in [-0.3, -0.25) is 9.80 Å². The van der Waals surface area contributed by atoms with E-state index in [2.05, 4.69) is 30.7 Å². The molecular weight excluding hydrogens is 410 g/mol. The third kappa shape index (κ3) is 4.11. The predicted molar refractivity (Wildman–Crippen MR) is 116 cm³/mol. The highest BCUT2D eigenvalue weighted by Gasteiger charge is 2.48. The Bertz CT molecular complexity index is 860. The van der Waals surface area contributed by atoms with Crippen LogP contribution in [0, 0.1) is 0 Å². The Hall–Kier alpha value is -1.03. The van der Waals surface area contributed by atoms with Crippen molar-refractivity contribution < 1.29 is 9.47 Å². The number of hydrogen-bond donors (Lipinski definition) is 0. The van der Waals surface area contributed by atoms with Gasteiger partial charge in [0.05, 0.1) is 30.0 Å². The lowest BCUT2D eigenvalue weighted by Crippen LogP contribution is -2.52. The Morgan fingerprint density at radius 2 is 1.90 bits per heavy atom. The highest BCUT2D eigenvalue weighted by atomic mass is 35.5. The van der Waals surface area contributed by atoms with Gasteiger partial charge in [-0.05, 0) is 30.5 Å². The van der Waals surface area contributed by atoms with Crippen LogP contribution < -0.4 is 4.90 Å². The smallest absolute Gasteiger partial charge is 0.224 e. The summed E-state index contributed by atoms with van der Waals surface area (Å²) >= 11 is 8.04. The number of rotatable bonds is 6. The van der Waals surface area contributed by atoms with Gasteiger partial charge in [0.15, 0.2) is 5.82 Å². The molecule has 0 unspecified atom stereocenters. The number of piperazine rings is 1. The molecule has 0 radical (unpaired) electrons. The number of aromatic nitrogens is 2. The molecule has 4 heterocycles. The summed E-state index contributed by atoms with van der Waals surface area (Å²) in [5.74, 6) is 0.958. The van der Waals surface area contributed by atoms with Gasteiger partial charge in [-0.15, -0.1) is 11.3 Å². The highest BCUT2D eigenvalue weighted by Crippen LogP contribution is 2.42. The van der Waals surface area contributed by atoms with Crippen LogP contribution >= 0.6 is 22.9 Å². The van der Waals surface area contributed by atoms with E-state index in [0.29, 0.717) is 10.8 Å². The van der Waals surface area contributed by atoms with Gasteiger partial charge in [-0.2, -0.15) is 4.98 Å². The number of halogens is 1. The lowest BCUT2D eigenvalue weighted by atomic mass is 10.2. The molecule has 9 heteroatoms. The van der Waals surface area contributed by atoms with E-state index in [0.717, 1.165) is 81.7 Å². The van der Waals surface area contributed by atoms with Crippen LogP contribution in [0.5, 0.6) is 0 Å². The Labute approximate surface area is 180 Å². The number of morpholine rings is 1. The molecule has 0 N–H and O–H groups in total. The molecule has 0 amide bonds. The van der Waals surface area contributed by atoms with E-state index in [-0.39, 0.29) is 0 Å². The summed E-state index contributed by atoms with van der Waals surface area (Å²) in [6.45, 7) is 9.44. The molecule has 3 fully saturated rings. The molecule has 0 spiro atoms. The second-order valence-corrected chi connectivity index (χ2v) is 9.74. The maximum absolute atomic E-state index is 6.23. The first kappa shape index (κ1) is 19.9. The van der Waals surface area contributed by atoms with Crippen LogP contribution in [-0.2, 0) is 16.0 Å². The molecule has 1 saturated carbocycles. The highest BCUT2D eigenvalue weighted by molar-refractivity contribution is 7.19. The maximum Gasteiger partial charge on any atom is 0.224 e. The number of fused-ring (bicyclic) bond motifs is 1. The third-order valence-corrected chi connectivity index (χ3v) is 7.62. The third-order valence-electron chi connectivity index (χ3n) is 6.35. The predicted octanol–water partition coefficient (Wildman–Crippen LogP) is 2.48. The van der Waals surface area contributed by atoms with Crippen LogP contribution in [0.4, 0.5) is 5.82 Å². The van der Waals surface area contributed by atoms with Crippen LogP contribution in [0.1, 0.15) is 17.7 Å². The molecule has 0 bridgehead atoms. The normalized spacial score (nSPS) is 23.0. The van der Waals surface area contributed by atoms with Crippen LogP contribution in [0.2, 0.25) is 5.28 Å². The molecule has 158 valence electrons. The number of anilines is 1. The first-order chi connectivity index (χ1) is 14.2. The maximum atomic E-state index is 6.23. The minimum Gasteiger partial charge on any atom is -0.383 e. The quantitative estimate of drug-likeness (QED) is 0.643. The molecule has 5 rings (SSSR count). The molecule has 0 atom stereocenters. The lowest BCUT2D eigenvalue weighted by Gasteiger charge is -2.39. The van der Waals surface area contributed by atoms with E-state index in [1.807, 2.05) is 7.11 Å². The number of thiophene rings is 1. The molecule has 0 aromatic carbocycles. The fourth-order valence-corrected chi connectivity index (χ4v) is 5.90. The second-order valence-electron chi connectivity index (χ2n) is 8.26. The molecule has 2 aliphatic heterocycles. The van der Waals surface area contributed by atoms with Crippen molar-refractivity contribution >= 4 is 39.0 Å². The van der Waals surface area contributed by atoms with Crippen molar-refractivity contribution in [1.82, 2.24) is 19.8 Å². The fourth-order valence-electron chi connectivity index (χ4n) is 4.57. The van der Waals surface area contributed by atoms with Crippen LogP contribution in [-0.4, -0.2) is 91.5 Å². The summed E-state index contributed by atoms with van der Waals surface area (Å²) in [7, 11) is 1.82. The Balaban J connectivity index is 1.28. The Kier molecular flexibility index (Phi) is 5.66. The largest absolute Gasteiger partial charge is 0.383 e. The van der Waals surface area contributed by atoms with Crippen molar-refractivity contribution in [2.24, 2.45) is 0 Å². The zero-order valence-electron chi connectivity index (χ0n) is 16.9. The van der Waals surface area contributed by atoms with Crippen molar-refractivity contribution in [1.29, 1.82) is 0 Å². The van der Waals surface area contributed by atoms with Gasteiger partial charge in [0.25, 0.3) is 0 Å². The lowest BCUT2D eigenvalue weighted by molar-refractivity contribution is 0.0346. The number of methoxy groups -OCH3 is 1. The number of hydrogen-bond acceptors (Lipinski definition) is 8. The molecule has 7 nitrogen and oxygen atoms in total. The summed E-state index contributed by atoms with van der Waals surface area (Å²) in [5.41, 5.74) is 1.29. The first-order valence-corrected chi connectivity index (χ1v) is 11.6. The zero-order chi connectivity index (χ0) is 19.8. The monoisotopic (exact) mass is 437 g/mol. The average molecular weight is 438 g/mol. The van der Waals surface area contributed by atoms with Crippen LogP contribution in [0.3, 0.4) is 0 Å². The van der Waals surface area contributed by atoms with Crippen LogP contribution in [0.15, 0.2) is 6.07 Å². The SMILES string of the molecule is COCC1(N2CCN(Cc3cc4nc(Cl)nc(N5CCOCC5)c4s3)CC2)CC1. The van der Waals surface area contributed by atoms with Gasteiger partial charge in [0.2, 0.25) is 5.28 Å². The summed E-state index contributed by atoms with van der Waals surface area (Å²) in [6, 6.07) is 2.19. The van der Waals surface area contributed by atoms with Crippen molar-refractivity contribution in [2.75, 3.05) is 71.1 Å². The van der Waals surface area contributed by atoms with E-state index in [9.17, 15) is 0 Å². The molecule has 29 heavy (non-hydrogen) atoms. The average Bonchev–Trinajstić information content (AvgIpc) is 3.41. The first-order valence-electron chi connectivity index (χ1n) is 10.4. The van der Waals surface area contributed by atoms with Crippen molar-refractivity contribution in [3.05, 3.63) is 16.2 Å². The fraction of sp³-hybridized carbons (Fsp3) is 0.700. The van der Waals surface area contributed by atoms with Gasteiger partial charge >= 0.3 is 0 Å². The van der Waals surface area contributed by atoms with Crippen molar-refractivity contribution in [3.8, 4) is 0 Å². The van der Waals surface area contributed by atoms with Gasteiger partial charge in [-0.25, -0.2) is 4.98 Å². The summed E-state index contributed by atoms with van der Waals surface area (Å²) in [4.78, 5) is 17.8. The Morgan fingerprint density at radius 1 is 1.14 bits per heavy atom. The van der Waals surface area contributed by atoms with Gasteiger partial charge in [0, 0.05) is 63.3 Å².